The number of aliphatic hydroxyl groups excluding tert-OH is 1. The standard InChI is InChI=1S/C8H14O3/c1-2-5(3-6-4-10-6)7-8(9)11-7/h5-9H,2-4H2,1H3. The monoisotopic (exact) mass is 158 g/mol. The number of epoxide rings is 2. The first-order valence-electron chi connectivity index (χ1n) is 4.26. The van der Waals surface area contributed by atoms with E-state index >= 15 is 0 Å². The fourth-order valence-electron chi connectivity index (χ4n) is 1.53. The van der Waals surface area contributed by atoms with Crippen LogP contribution in [0, 0.1) is 5.92 Å². The second-order valence-electron chi connectivity index (χ2n) is 3.35. The molecule has 0 aliphatic carbocycles. The van der Waals surface area contributed by atoms with Crippen LogP contribution < -0.4 is 0 Å². The lowest BCUT2D eigenvalue weighted by atomic mass is 9.97. The highest BCUT2D eigenvalue weighted by molar-refractivity contribution is 4.86. The lowest BCUT2D eigenvalue weighted by Gasteiger charge is -2.08. The number of hydrogen-bond donors (Lipinski definition) is 1. The predicted molar refractivity (Wildman–Crippen MR) is 39.0 cm³/mol. The minimum absolute atomic E-state index is 0.101. The summed E-state index contributed by atoms with van der Waals surface area (Å²) in [4.78, 5) is 0. The molecule has 4 unspecified atom stereocenters. The highest BCUT2D eigenvalue weighted by Gasteiger charge is 2.44. The maximum Gasteiger partial charge on any atom is 0.182 e. The maximum absolute atomic E-state index is 9.00. The molecule has 11 heavy (non-hydrogen) atoms. The first-order valence-corrected chi connectivity index (χ1v) is 4.26. The molecule has 2 heterocycles. The Kier molecular flexibility index (Phi) is 1.87. The fourth-order valence-corrected chi connectivity index (χ4v) is 1.53. The zero-order chi connectivity index (χ0) is 7.84. The molecule has 0 aromatic rings. The van der Waals surface area contributed by atoms with E-state index in [4.69, 9.17) is 14.6 Å². The molecule has 0 aromatic heterocycles. The van der Waals surface area contributed by atoms with Crippen molar-refractivity contribution in [1.82, 2.24) is 0 Å². The Morgan fingerprint density at radius 3 is 2.64 bits per heavy atom. The van der Waals surface area contributed by atoms with Gasteiger partial charge in [0, 0.05) is 0 Å². The SMILES string of the molecule is CCC(CC1CO1)C1OC1O. The Morgan fingerprint density at radius 1 is 1.64 bits per heavy atom. The van der Waals surface area contributed by atoms with Gasteiger partial charge in [0.2, 0.25) is 0 Å². The molecule has 0 aromatic carbocycles. The van der Waals surface area contributed by atoms with Gasteiger partial charge in [0.25, 0.3) is 0 Å². The van der Waals surface area contributed by atoms with Gasteiger partial charge in [-0.25, -0.2) is 0 Å². The van der Waals surface area contributed by atoms with Gasteiger partial charge in [0.15, 0.2) is 6.29 Å². The van der Waals surface area contributed by atoms with Crippen molar-refractivity contribution in [3.63, 3.8) is 0 Å². The normalized spacial score (nSPS) is 43.6. The predicted octanol–water partition coefficient (Wildman–Crippen LogP) is 0.519. The van der Waals surface area contributed by atoms with Crippen LogP contribution in [0.15, 0.2) is 0 Å². The average molecular weight is 158 g/mol. The first-order chi connectivity index (χ1) is 5.31. The Labute approximate surface area is 66.3 Å². The van der Waals surface area contributed by atoms with Crippen molar-refractivity contribution >= 4 is 0 Å². The van der Waals surface area contributed by atoms with Gasteiger partial charge in [-0.2, -0.15) is 0 Å². The molecule has 2 saturated heterocycles. The van der Waals surface area contributed by atoms with Gasteiger partial charge >= 0.3 is 0 Å². The van der Waals surface area contributed by atoms with E-state index in [9.17, 15) is 0 Å². The van der Waals surface area contributed by atoms with Crippen LogP contribution in [0.5, 0.6) is 0 Å². The second kappa shape index (κ2) is 2.73. The minimum atomic E-state index is -0.487. The van der Waals surface area contributed by atoms with Gasteiger partial charge in [-0.3, -0.25) is 0 Å². The molecule has 64 valence electrons. The lowest BCUT2D eigenvalue weighted by Crippen LogP contribution is -2.12. The molecule has 0 radical (unpaired) electrons. The quantitative estimate of drug-likeness (QED) is 0.606. The van der Waals surface area contributed by atoms with Crippen molar-refractivity contribution < 1.29 is 14.6 Å². The first kappa shape index (κ1) is 7.53. The summed E-state index contributed by atoms with van der Waals surface area (Å²) in [6.07, 6.45) is 2.19. The van der Waals surface area contributed by atoms with Gasteiger partial charge in [-0.1, -0.05) is 13.3 Å². The topological polar surface area (TPSA) is 45.3 Å². The summed E-state index contributed by atoms with van der Waals surface area (Å²) in [7, 11) is 0. The van der Waals surface area contributed by atoms with Crippen molar-refractivity contribution in [2.24, 2.45) is 5.92 Å². The van der Waals surface area contributed by atoms with E-state index in [1.54, 1.807) is 0 Å². The van der Waals surface area contributed by atoms with Crippen LogP contribution >= 0.6 is 0 Å². The average Bonchev–Trinajstić information content (AvgIpc) is 2.82. The van der Waals surface area contributed by atoms with E-state index in [-0.39, 0.29) is 6.10 Å². The van der Waals surface area contributed by atoms with Crippen molar-refractivity contribution in [2.75, 3.05) is 6.61 Å². The summed E-state index contributed by atoms with van der Waals surface area (Å²) >= 11 is 0. The summed E-state index contributed by atoms with van der Waals surface area (Å²) in [5, 5.41) is 9.00. The molecular weight excluding hydrogens is 144 g/mol. The molecule has 2 fully saturated rings. The molecule has 4 atom stereocenters. The second-order valence-corrected chi connectivity index (χ2v) is 3.35. The maximum atomic E-state index is 9.00. The van der Waals surface area contributed by atoms with Crippen LogP contribution in [0.4, 0.5) is 0 Å². The van der Waals surface area contributed by atoms with Crippen LogP contribution in [0.1, 0.15) is 19.8 Å². The Morgan fingerprint density at radius 2 is 2.27 bits per heavy atom. The van der Waals surface area contributed by atoms with E-state index < -0.39 is 6.29 Å². The molecule has 0 spiro atoms. The molecule has 2 aliphatic rings. The molecule has 0 amide bonds. The van der Waals surface area contributed by atoms with Gasteiger partial charge in [-0.05, 0) is 12.3 Å². The zero-order valence-electron chi connectivity index (χ0n) is 6.69. The van der Waals surface area contributed by atoms with Gasteiger partial charge in [-0.15, -0.1) is 0 Å². The molecule has 2 rings (SSSR count). The third kappa shape index (κ3) is 1.72. The van der Waals surface area contributed by atoms with Crippen molar-refractivity contribution in [2.45, 2.75) is 38.3 Å². The van der Waals surface area contributed by atoms with Gasteiger partial charge in [0.05, 0.1) is 12.7 Å². The summed E-state index contributed by atoms with van der Waals surface area (Å²) in [5.41, 5.74) is 0. The van der Waals surface area contributed by atoms with E-state index in [1.165, 1.54) is 0 Å². The summed E-state index contributed by atoms with van der Waals surface area (Å²) < 4.78 is 10.1. The largest absolute Gasteiger partial charge is 0.373 e. The Hall–Kier alpha value is -0.120. The molecule has 0 saturated carbocycles. The van der Waals surface area contributed by atoms with Crippen LogP contribution in [-0.2, 0) is 9.47 Å². The van der Waals surface area contributed by atoms with E-state index in [1.807, 2.05) is 0 Å². The van der Waals surface area contributed by atoms with E-state index in [0.717, 1.165) is 19.4 Å². The van der Waals surface area contributed by atoms with Crippen LogP contribution in [-0.4, -0.2) is 30.2 Å². The van der Waals surface area contributed by atoms with Crippen LogP contribution in [0.2, 0.25) is 0 Å². The fraction of sp³-hybridized carbons (Fsp3) is 1.00. The van der Waals surface area contributed by atoms with Crippen molar-refractivity contribution in [1.29, 1.82) is 0 Å². The molecule has 0 bridgehead atoms. The van der Waals surface area contributed by atoms with Crippen LogP contribution in [0.25, 0.3) is 0 Å². The lowest BCUT2D eigenvalue weighted by molar-refractivity contribution is 0.155. The third-order valence-electron chi connectivity index (χ3n) is 2.46. The minimum Gasteiger partial charge on any atom is -0.373 e. The van der Waals surface area contributed by atoms with E-state index in [2.05, 4.69) is 6.92 Å². The number of hydrogen-bond acceptors (Lipinski definition) is 3. The van der Waals surface area contributed by atoms with Gasteiger partial charge in [0.1, 0.15) is 6.10 Å². The molecule has 3 heteroatoms. The van der Waals surface area contributed by atoms with Crippen molar-refractivity contribution in [3.8, 4) is 0 Å². The third-order valence-corrected chi connectivity index (χ3v) is 2.46. The molecule has 3 nitrogen and oxygen atoms in total. The Balaban J connectivity index is 1.76. The number of ether oxygens (including phenoxy) is 2. The zero-order valence-corrected chi connectivity index (χ0v) is 6.69. The van der Waals surface area contributed by atoms with Crippen molar-refractivity contribution in [3.05, 3.63) is 0 Å². The molecular formula is C8H14O3. The van der Waals surface area contributed by atoms with E-state index in [0.29, 0.717) is 12.0 Å². The summed E-state index contributed by atoms with van der Waals surface area (Å²) in [5.74, 6) is 0.498. The highest BCUT2D eigenvalue weighted by atomic mass is 16.7. The smallest absolute Gasteiger partial charge is 0.182 e. The van der Waals surface area contributed by atoms with Gasteiger partial charge < -0.3 is 14.6 Å². The summed E-state index contributed by atoms with van der Waals surface area (Å²) in [6, 6.07) is 0. The summed E-state index contributed by atoms with van der Waals surface area (Å²) in [6.45, 7) is 3.03. The van der Waals surface area contributed by atoms with Crippen LogP contribution in [0.3, 0.4) is 0 Å². The molecule has 1 N–H and O–H groups in total. The number of rotatable bonds is 4. The molecule has 2 aliphatic heterocycles. The number of aliphatic hydroxyl groups is 1. The highest BCUT2D eigenvalue weighted by Crippen LogP contribution is 2.34. The Bertz CT molecular complexity index is 144.